The van der Waals surface area contributed by atoms with Gasteiger partial charge in [0.15, 0.2) is 0 Å². The Morgan fingerprint density at radius 2 is 1.48 bits per heavy atom. The molecule has 0 radical (unpaired) electrons. The molecule has 0 saturated heterocycles. The van der Waals surface area contributed by atoms with Gasteiger partial charge in [-0.25, -0.2) is 8.42 Å². The number of benzene rings is 3. The molecule has 7 nitrogen and oxygen atoms in total. The summed E-state index contributed by atoms with van der Waals surface area (Å²) in [5.41, 5.74) is 2.35. The van der Waals surface area contributed by atoms with Gasteiger partial charge in [0.05, 0.1) is 21.6 Å². The number of nitrogens with one attached hydrogen (secondary N) is 3. The maximum absolute atomic E-state index is 13.1. The number of hydrogen-bond acceptors (Lipinski definition) is 4. The van der Waals surface area contributed by atoms with Gasteiger partial charge in [-0.15, -0.1) is 12.8 Å². The molecule has 0 bridgehead atoms. The topological polar surface area (TPSA) is 112 Å². The van der Waals surface area contributed by atoms with Crippen LogP contribution in [-0.4, -0.2) is 18.4 Å². The average Bonchev–Trinajstić information content (AvgIpc) is 2.79. The minimum Gasteiger partial charge on any atom is -0.316 e. The van der Waals surface area contributed by atoms with Crippen LogP contribution in [0, 0.1) is 31.6 Å². The lowest BCUT2D eigenvalue weighted by molar-refractivity contribution is 0.600. The Hall–Kier alpha value is -4.53. The molecule has 0 amide bonds. The molecule has 3 N–H and O–H groups in total. The third kappa shape index (κ3) is 4.16. The molecule has 4 aromatic rings. The molecule has 8 heteroatoms. The van der Waals surface area contributed by atoms with Crippen LogP contribution in [-0.2, 0) is 10.0 Å². The zero-order valence-electron chi connectivity index (χ0n) is 17.4. The second kappa shape index (κ2) is 8.19. The van der Waals surface area contributed by atoms with E-state index in [0.29, 0.717) is 16.6 Å². The number of hydrogen-bond donors (Lipinski definition) is 3. The van der Waals surface area contributed by atoms with Crippen molar-refractivity contribution in [2.45, 2.75) is 11.8 Å². The van der Waals surface area contributed by atoms with Crippen molar-refractivity contribution in [1.82, 2.24) is 9.97 Å². The molecule has 0 atom stereocenters. The first-order valence-corrected chi connectivity index (χ1v) is 11.2. The summed E-state index contributed by atoms with van der Waals surface area (Å²) in [5.74, 6) is 5.14. The molecule has 3 aromatic carbocycles. The lowest BCUT2D eigenvalue weighted by Crippen LogP contribution is -2.29. The standard InChI is InChI=1S/C25H17N3O4S/c1-4-16-6-8-18(9-7-16)20-11-10-19(13-17(20)5-2)28-33(31,32)23-14-22-21(12-15(23)3)26-24(29)25(30)27-22/h1-2,6-14,28H,3H3,(H,26,29)(H,27,30). The quantitative estimate of drug-likeness (QED) is 0.324. The van der Waals surface area contributed by atoms with Gasteiger partial charge in [-0.2, -0.15) is 0 Å². The number of rotatable bonds is 4. The Morgan fingerprint density at radius 3 is 2.09 bits per heavy atom. The zero-order chi connectivity index (χ0) is 23.8. The van der Waals surface area contributed by atoms with Crippen LogP contribution >= 0.6 is 0 Å². The largest absolute Gasteiger partial charge is 0.316 e. The number of aromatic nitrogens is 2. The highest BCUT2D eigenvalue weighted by Gasteiger charge is 2.19. The molecule has 0 fully saturated rings. The van der Waals surface area contributed by atoms with Crippen LogP contribution in [0.2, 0.25) is 0 Å². The van der Waals surface area contributed by atoms with Crippen molar-refractivity contribution in [2.24, 2.45) is 0 Å². The lowest BCUT2D eigenvalue weighted by Gasteiger charge is -2.13. The summed E-state index contributed by atoms with van der Waals surface area (Å²) in [6.07, 6.45) is 11.1. The van der Waals surface area contributed by atoms with Gasteiger partial charge in [-0.05, 0) is 60.0 Å². The van der Waals surface area contributed by atoms with Gasteiger partial charge in [0.1, 0.15) is 0 Å². The maximum atomic E-state index is 13.1. The molecule has 162 valence electrons. The zero-order valence-corrected chi connectivity index (χ0v) is 18.2. The number of fused-ring (bicyclic) bond motifs is 1. The summed E-state index contributed by atoms with van der Waals surface area (Å²) in [5, 5.41) is 0. The summed E-state index contributed by atoms with van der Waals surface area (Å²) in [6, 6.07) is 15.0. The van der Waals surface area contributed by atoms with Crippen molar-refractivity contribution >= 4 is 26.7 Å². The predicted octanol–water partition coefficient (Wildman–Crippen LogP) is 2.96. The first-order valence-electron chi connectivity index (χ1n) is 9.69. The van der Waals surface area contributed by atoms with E-state index in [9.17, 15) is 18.0 Å². The van der Waals surface area contributed by atoms with Gasteiger partial charge in [0.2, 0.25) is 0 Å². The third-order valence-electron chi connectivity index (χ3n) is 5.10. The number of H-pyrrole nitrogens is 2. The van der Waals surface area contributed by atoms with Crippen LogP contribution in [0.25, 0.3) is 22.2 Å². The number of terminal acetylenes is 2. The first kappa shape index (κ1) is 21.7. The van der Waals surface area contributed by atoms with Crippen LogP contribution in [0.1, 0.15) is 16.7 Å². The van der Waals surface area contributed by atoms with Gasteiger partial charge < -0.3 is 9.97 Å². The SMILES string of the molecule is C#Cc1ccc(-c2ccc(NS(=O)(=O)c3cc4[nH]c(=O)c(=O)[nH]c4cc3C)cc2C#C)cc1. The normalized spacial score (nSPS) is 11.0. The molecule has 4 rings (SSSR count). The highest BCUT2D eigenvalue weighted by molar-refractivity contribution is 7.92. The fraction of sp³-hybridized carbons (Fsp3) is 0.0400. The summed E-state index contributed by atoms with van der Waals surface area (Å²) >= 11 is 0. The number of aryl methyl sites for hydroxylation is 1. The Morgan fingerprint density at radius 1 is 0.848 bits per heavy atom. The smallest absolute Gasteiger partial charge is 0.314 e. The van der Waals surface area contributed by atoms with Crippen molar-refractivity contribution in [3.8, 4) is 35.8 Å². The molecule has 0 aliphatic heterocycles. The van der Waals surface area contributed by atoms with Crippen molar-refractivity contribution in [3.63, 3.8) is 0 Å². The molecule has 0 saturated carbocycles. The minimum atomic E-state index is -4.02. The minimum absolute atomic E-state index is 0.0473. The van der Waals surface area contributed by atoms with E-state index in [1.165, 1.54) is 12.1 Å². The van der Waals surface area contributed by atoms with Crippen molar-refractivity contribution in [3.05, 3.63) is 92.0 Å². The second-order valence-corrected chi connectivity index (χ2v) is 8.95. The van der Waals surface area contributed by atoms with Crippen LogP contribution in [0.15, 0.2) is 69.1 Å². The van der Waals surface area contributed by atoms with E-state index in [4.69, 9.17) is 12.8 Å². The Bertz CT molecular complexity index is 1720. The van der Waals surface area contributed by atoms with E-state index in [-0.39, 0.29) is 16.1 Å². The van der Waals surface area contributed by atoms with E-state index < -0.39 is 21.1 Å². The summed E-state index contributed by atoms with van der Waals surface area (Å²) in [6.45, 7) is 1.59. The molecule has 1 aromatic heterocycles. The van der Waals surface area contributed by atoms with E-state index in [1.807, 2.05) is 12.1 Å². The van der Waals surface area contributed by atoms with Crippen molar-refractivity contribution < 1.29 is 8.42 Å². The van der Waals surface area contributed by atoms with Crippen molar-refractivity contribution in [1.29, 1.82) is 0 Å². The van der Waals surface area contributed by atoms with Crippen LogP contribution in [0.4, 0.5) is 5.69 Å². The maximum Gasteiger partial charge on any atom is 0.314 e. The first-order chi connectivity index (χ1) is 15.7. The van der Waals surface area contributed by atoms with Crippen molar-refractivity contribution in [2.75, 3.05) is 4.72 Å². The molecule has 33 heavy (non-hydrogen) atoms. The van der Waals surface area contributed by atoms with Gasteiger partial charge in [0.25, 0.3) is 10.0 Å². The molecule has 0 aliphatic rings. The fourth-order valence-electron chi connectivity index (χ4n) is 3.48. The number of aromatic amines is 2. The number of sulfonamides is 1. The number of anilines is 1. The van der Waals surface area contributed by atoms with E-state index in [2.05, 4.69) is 26.5 Å². The Kier molecular flexibility index (Phi) is 5.39. The molecule has 0 unspecified atom stereocenters. The Balaban J connectivity index is 1.72. The van der Waals surface area contributed by atoms with Crippen LogP contribution < -0.4 is 15.8 Å². The molecule has 0 spiro atoms. The van der Waals surface area contributed by atoms with E-state index in [0.717, 1.165) is 16.7 Å². The van der Waals surface area contributed by atoms with Crippen LogP contribution in [0.3, 0.4) is 0 Å². The van der Waals surface area contributed by atoms with E-state index in [1.54, 1.807) is 37.3 Å². The monoisotopic (exact) mass is 455 g/mol. The molecule has 1 heterocycles. The predicted molar refractivity (Wildman–Crippen MR) is 128 cm³/mol. The highest BCUT2D eigenvalue weighted by Crippen LogP contribution is 2.28. The lowest BCUT2D eigenvalue weighted by atomic mass is 9.98. The van der Waals surface area contributed by atoms with Gasteiger partial charge in [-0.1, -0.05) is 30.0 Å². The molecular formula is C25H17N3O4S. The van der Waals surface area contributed by atoms with Gasteiger partial charge >= 0.3 is 11.1 Å². The summed E-state index contributed by atoms with van der Waals surface area (Å²) < 4.78 is 28.7. The highest BCUT2D eigenvalue weighted by atomic mass is 32.2. The average molecular weight is 455 g/mol. The third-order valence-corrected chi connectivity index (χ3v) is 6.62. The molecular weight excluding hydrogens is 438 g/mol. The fourth-order valence-corrected chi connectivity index (χ4v) is 4.78. The Labute approximate surface area is 189 Å². The molecule has 0 aliphatic carbocycles. The van der Waals surface area contributed by atoms with E-state index >= 15 is 0 Å². The second-order valence-electron chi connectivity index (χ2n) is 7.30. The summed E-state index contributed by atoms with van der Waals surface area (Å²) in [4.78, 5) is 27.9. The van der Waals surface area contributed by atoms with Crippen LogP contribution in [0.5, 0.6) is 0 Å². The summed E-state index contributed by atoms with van der Waals surface area (Å²) in [7, 11) is -4.02. The van der Waals surface area contributed by atoms with Gasteiger partial charge in [-0.3, -0.25) is 14.3 Å². The van der Waals surface area contributed by atoms with Gasteiger partial charge in [0, 0.05) is 11.1 Å².